The number of benzene rings is 1. The Morgan fingerprint density at radius 2 is 2.17 bits per heavy atom. The quantitative estimate of drug-likeness (QED) is 0.854. The average Bonchev–Trinajstić information content (AvgIpc) is 2.92. The van der Waals surface area contributed by atoms with E-state index in [1.807, 2.05) is 11.3 Å². The van der Waals surface area contributed by atoms with Crippen LogP contribution in [0, 0.1) is 5.92 Å². The maximum absolute atomic E-state index is 5.47. The van der Waals surface area contributed by atoms with Gasteiger partial charge in [0, 0.05) is 18.7 Å². The van der Waals surface area contributed by atoms with Crippen LogP contribution in [0.3, 0.4) is 0 Å². The number of fused-ring (bicyclic) bond motifs is 1. The van der Waals surface area contributed by atoms with Crippen LogP contribution in [0.4, 0.5) is 0 Å². The third-order valence-corrected chi connectivity index (χ3v) is 6.44. The molecule has 2 aliphatic heterocycles. The van der Waals surface area contributed by atoms with E-state index in [4.69, 9.17) is 14.7 Å². The number of nitrogens with zero attached hydrogens (tertiary/aromatic N) is 3. The summed E-state index contributed by atoms with van der Waals surface area (Å²) in [6.07, 6.45) is 3.29. The number of aliphatic imine (C=N–C) groups is 1. The Bertz CT molecular complexity index is 776. The van der Waals surface area contributed by atoms with E-state index in [0.29, 0.717) is 0 Å². The number of thiazole rings is 1. The van der Waals surface area contributed by atoms with Gasteiger partial charge in [0.05, 0.1) is 34.0 Å². The van der Waals surface area contributed by atoms with Crippen LogP contribution >= 0.6 is 11.3 Å². The standard InChI is InChI=1S/C19H25N3OS/c1-13-4-6-15(20-10-13)14-5-7-17-16(8-14)21-18(24-17)9-19(22(2)3)11-23-12-19/h5,7-8,13H,4,6,9-12H2,1-3H3. The van der Waals surface area contributed by atoms with Gasteiger partial charge in [0.1, 0.15) is 0 Å². The van der Waals surface area contributed by atoms with Crippen LogP contribution in [0.1, 0.15) is 30.3 Å². The second-order valence-corrected chi connectivity index (χ2v) is 8.62. The molecule has 0 bridgehead atoms. The van der Waals surface area contributed by atoms with Crippen LogP contribution in [-0.4, -0.2) is 55.0 Å². The van der Waals surface area contributed by atoms with Crippen molar-refractivity contribution >= 4 is 27.3 Å². The smallest absolute Gasteiger partial charge is 0.0958 e. The summed E-state index contributed by atoms with van der Waals surface area (Å²) in [5.74, 6) is 0.718. The van der Waals surface area contributed by atoms with E-state index in [-0.39, 0.29) is 5.54 Å². The summed E-state index contributed by atoms with van der Waals surface area (Å²) in [4.78, 5) is 12.0. The molecule has 2 aliphatic rings. The van der Waals surface area contributed by atoms with Gasteiger partial charge in [0.15, 0.2) is 0 Å². The second kappa shape index (κ2) is 6.21. The molecule has 0 saturated carbocycles. The monoisotopic (exact) mass is 343 g/mol. The molecular formula is C19H25N3OS. The highest BCUT2D eigenvalue weighted by Gasteiger charge is 2.41. The summed E-state index contributed by atoms with van der Waals surface area (Å²) >= 11 is 1.81. The van der Waals surface area contributed by atoms with Gasteiger partial charge in [-0.3, -0.25) is 9.89 Å². The highest BCUT2D eigenvalue weighted by atomic mass is 32.1. The number of hydrogen-bond acceptors (Lipinski definition) is 5. The molecule has 2 aromatic rings. The first-order valence-corrected chi connectivity index (χ1v) is 9.56. The number of rotatable bonds is 4. The number of likely N-dealkylation sites (N-methyl/N-ethyl adjacent to an activating group) is 1. The molecule has 1 atom stereocenters. The summed E-state index contributed by atoms with van der Waals surface area (Å²) in [6, 6.07) is 6.66. The molecule has 1 aromatic heterocycles. The summed E-state index contributed by atoms with van der Waals surface area (Å²) in [7, 11) is 4.27. The molecule has 1 unspecified atom stereocenters. The molecule has 4 nitrogen and oxygen atoms in total. The van der Waals surface area contributed by atoms with Crippen LogP contribution < -0.4 is 0 Å². The lowest BCUT2D eigenvalue weighted by atomic mass is 9.92. The molecule has 3 heterocycles. The Morgan fingerprint density at radius 3 is 2.79 bits per heavy atom. The lowest BCUT2D eigenvalue weighted by Gasteiger charge is -2.46. The summed E-state index contributed by atoms with van der Waals surface area (Å²) in [5.41, 5.74) is 3.74. The van der Waals surface area contributed by atoms with Crippen LogP contribution in [0.15, 0.2) is 23.2 Å². The van der Waals surface area contributed by atoms with Crippen molar-refractivity contribution in [2.45, 2.75) is 31.7 Å². The van der Waals surface area contributed by atoms with Gasteiger partial charge >= 0.3 is 0 Å². The molecule has 0 aliphatic carbocycles. The van der Waals surface area contributed by atoms with E-state index in [9.17, 15) is 0 Å². The minimum atomic E-state index is 0.125. The number of ether oxygens (including phenoxy) is 1. The first kappa shape index (κ1) is 16.2. The molecule has 1 saturated heterocycles. The van der Waals surface area contributed by atoms with Gasteiger partial charge in [0.2, 0.25) is 0 Å². The fraction of sp³-hybridized carbons (Fsp3) is 0.579. The Balaban J connectivity index is 1.60. The van der Waals surface area contributed by atoms with E-state index >= 15 is 0 Å². The second-order valence-electron chi connectivity index (χ2n) is 7.51. The van der Waals surface area contributed by atoms with Gasteiger partial charge in [-0.15, -0.1) is 11.3 Å². The van der Waals surface area contributed by atoms with Gasteiger partial charge in [-0.05, 0) is 50.6 Å². The van der Waals surface area contributed by atoms with Crippen molar-refractivity contribution in [2.24, 2.45) is 10.9 Å². The Labute approximate surface area is 147 Å². The highest BCUT2D eigenvalue weighted by molar-refractivity contribution is 7.18. The summed E-state index contributed by atoms with van der Waals surface area (Å²) < 4.78 is 6.74. The molecule has 1 aromatic carbocycles. The van der Waals surface area contributed by atoms with Crippen molar-refractivity contribution < 1.29 is 4.74 Å². The van der Waals surface area contributed by atoms with E-state index in [1.165, 1.54) is 27.4 Å². The minimum Gasteiger partial charge on any atom is -0.377 e. The predicted octanol–water partition coefficient (Wildman–Crippen LogP) is 3.39. The topological polar surface area (TPSA) is 37.7 Å². The van der Waals surface area contributed by atoms with Gasteiger partial charge in [-0.25, -0.2) is 4.98 Å². The van der Waals surface area contributed by atoms with Gasteiger partial charge in [-0.1, -0.05) is 13.0 Å². The zero-order chi connectivity index (χ0) is 16.7. The molecule has 0 spiro atoms. The molecule has 24 heavy (non-hydrogen) atoms. The maximum atomic E-state index is 5.47. The number of aromatic nitrogens is 1. The van der Waals surface area contributed by atoms with E-state index in [0.717, 1.165) is 44.0 Å². The van der Waals surface area contributed by atoms with Crippen LogP contribution in [0.2, 0.25) is 0 Å². The summed E-state index contributed by atoms with van der Waals surface area (Å²) in [6.45, 7) is 4.84. The molecule has 128 valence electrons. The Morgan fingerprint density at radius 1 is 1.33 bits per heavy atom. The van der Waals surface area contributed by atoms with E-state index < -0.39 is 0 Å². The lowest BCUT2D eigenvalue weighted by molar-refractivity contribution is -0.124. The lowest BCUT2D eigenvalue weighted by Crippen LogP contribution is -2.61. The van der Waals surface area contributed by atoms with Crippen molar-refractivity contribution in [3.05, 3.63) is 28.8 Å². The van der Waals surface area contributed by atoms with Gasteiger partial charge in [0.25, 0.3) is 0 Å². The molecule has 1 fully saturated rings. The van der Waals surface area contributed by atoms with Crippen molar-refractivity contribution in [3.8, 4) is 0 Å². The van der Waals surface area contributed by atoms with Crippen LogP contribution in [0.5, 0.6) is 0 Å². The molecule has 4 rings (SSSR count). The van der Waals surface area contributed by atoms with Crippen molar-refractivity contribution in [1.82, 2.24) is 9.88 Å². The average molecular weight is 343 g/mol. The van der Waals surface area contributed by atoms with Crippen LogP contribution in [-0.2, 0) is 11.2 Å². The third kappa shape index (κ3) is 2.89. The van der Waals surface area contributed by atoms with Gasteiger partial charge in [-0.2, -0.15) is 0 Å². The fourth-order valence-corrected chi connectivity index (χ4v) is 4.51. The fourth-order valence-electron chi connectivity index (χ4n) is 3.42. The highest BCUT2D eigenvalue weighted by Crippen LogP contribution is 2.32. The molecule has 0 radical (unpaired) electrons. The summed E-state index contributed by atoms with van der Waals surface area (Å²) in [5, 5.41) is 1.21. The van der Waals surface area contributed by atoms with Crippen molar-refractivity contribution in [3.63, 3.8) is 0 Å². The third-order valence-electron chi connectivity index (χ3n) is 5.40. The first-order chi connectivity index (χ1) is 11.6. The zero-order valence-corrected chi connectivity index (χ0v) is 15.5. The molecule has 5 heteroatoms. The minimum absolute atomic E-state index is 0.125. The number of hydrogen-bond donors (Lipinski definition) is 0. The van der Waals surface area contributed by atoms with Gasteiger partial charge < -0.3 is 4.74 Å². The predicted molar refractivity (Wildman–Crippen MR) is 100 cm³/mol. The first-order valence-electron chi connectivity index (χ1n) is 8.74. The van der Waals surface area contributed by atoms with Crippen LogP contribution in [0.25, 0.3) is 10.2 Å². The van der Waals surface area contributed by atoms with E-state index in [2.05, 4.69) is 44.1 Å². The Hall–Kier alpha value is -1.30. The largest absolute Gasteiger partial charge is 0.377 e. The molecule has 0 N–H and O–H groups in total. The van der Waals surface area contributed by atoms with Crippen molar-refractivity contribution in [2.75, 3.05) is 33.9 Å². The van der Waals surface area contributed by atoms with Crippen molar-refractivity contribution in [1.29, 1.82) is 0 Å². The molecular weight excluding hydrogens is 318 g/mol. The van der Waals surface area contributed by atoms with E-state index in [1.54, 1.807) is 0 Å². The maximum Gasteiger partial charge on any atom is 0.0958 e. The SMILES string of the molecule is CC1CCC(c2ccc3sc(CC4(N(C)C)COC4)nc3c2)=NC1. The normalized spacial score (nSPS) is 23.3. The molecule has 0 amide bonds. The zero-order valence-electron chi connectivity index (χ0n) is 14.7. The Kier molecular flexibility index (Phi) is 4.19.